The second-order valence-corrected chi connectivity index (χ2v) is 7.60. The Bertz CT molecular complexity index is 623. The van der Waals surface area contributed by atoms with Crippen LogP contribution >= 0.6 is 0 Å². The van der Waals surface area contributed by atoms with E-state index in [1.54, 1.807) is 27.1 Å². The van der Waals surface area contributed by atoms with Crippen molar-refractivity contribution in [2.45, 2.75) is 71.3 Å². The van der Waals surface area contributed by atoms with Crippen LogP contribution in [0.1, 0.15) is 46.2 Å². The highest BCUT2D eigenvalue weighted by atomic mass is 16.6. The lowest BCUT2D eigenvalue weighted by Gasteiger charge is -2.25. The lowest BCUT2D eigenvalue weighted by molar-refractivity contribution is -0.171. The predicted octanol–water partition coefficient (Wildman–Crippen LogP) is 2.31. The minimum atomic E-state index is -0.969. The minimum Gasteiger partial charge on any atom is -0.465 e. The van der Waals surface area contributed by atoms with Crippen LogP contribution in [0.2, 0.25) is 0 Å². The van der Waals surface area contributed by atoms with Gasteiger partial charge in [-0.15, -0.1) is 0 Å². The van der Waals surface area contributed by atoms with Crippen molar-refractivity contribution in [2.24, 2.45) is 0 Å². The molecule has 0 saturated carbocycles. The van der Waals surface area contributed by atoms with E-state index in [1.807, 2.05) is 10.8 Å². The molecular weight excluding hydrogens is 338 g/mol. The van der Waals surface area contributed by atoms with Gasteiger partial charge in [0, 0.05) is 25.7 Å². The van der Waals surface area contributed by atoms with Gasteiger partial charge in [-0.05, 0) is 33.6 Å². The number of carbonyl (C=O) groups is 2. The van der Waals surface area contributed by atoms with E-state index in [9.17, 15) is 9.59 Å². The summed E-state index contributed by atoms with van der Waals surface area (Å²) >= 11 is 0. The topological polar surface area (TPSA) is 93.9 Å². The van der Waals surface area contributed by atoms with Crippen molar-refractivity contribution in [2.75, 3.05) is 13.1 Å². The number of imidazole rings is 1. The van der Waals surface area contributed by atoms with Crippen LogP contribution < -0.4 is 0 Å². The van der Waals surface area contributed by atoms with Gasteiger partial charge in [-0.1, -0.05) is 6.92 Å². The lowest BCUT2D eigenvalue weighted by atomic mass is 10.1. The summed E-state index contributed by atoms with van der Waals surface area (Å²) in [5, 5.41) is 9.08. The summed E-state index contributed by atoms with van der Waals surface area (Å²) in [4.78, 5) is 29.3. The Morgan fingerprint density at radius 3 is 2.73 bits per heavy atom. The Kier molecular flexibility index (Phi) is 6.63. The summed E-state index contributed by atoms with van der Waals surface area (Å²) in [5.74, 6) is -0.448. The van der Waals surface area contributed by atoms with Crippen molar-refractivity contribution in [3.05, 3.63) is 18.2 Å². The summed E-state index contributed by atoms with van der Waals surface area (Å²) in [6.45, 7) is 9.03. The first-order valence-corrected chi connectivity index (χ1v) is 9.04. The van der Waals surface area contributed by atoms with Gasteiger partial charge in [0.15, 0.2) is 6.10 Å². The summed E-state index contributed by atoms with van der Waals surface area (Å²) in [7, 11) is 0. The van der Waals surface area contributed by atoms with E-state index in [-0.39, 0.29) is 12.6 Å². The average Bonchev–Trinajstić information content (AvgIpc) is 3.15. The second-order valence-electron chi connectivity index (χ2n) is 7.60. The zero-order valence-corrected chi connectivity index (χ0v) is 16.0. The van der Waals surface area contributed by atoms with Crippen molar-refractivity contribution >= 4 is 12.1 Å². The largest absolute Gasteiger partial charge is 0.465 e. The standard InChI is InChI=1S/C18H29N3O5/c1-5-7-20-10-13(19-12-20)9-15(16(22)26-18(2,3)4)25-14-6-8-21(11-14)17(23)24/h10,12,14-15H,5-9,11H2,1-4H3,(H,23,24)/t14-,15?/m0/s1. The molecule has 1 fully saturated rings. The molecule has 1 aromatic rings. The van der Waals surface area contributed by atoms with Gasteiger partial charge in [0.2, 0.25) is 0 Å². The Labute approximate surface area is 154 Å². The number of aryl methyl sites for hydroxylation is 1. The van der Waals surface area contributed by atoms with E-state index in [0.717, 1.165) is 18.7 Å². The number of nitrogens with zero attached hydrogens (tertiary/aromatic N) is 3. The molecule has 0 radical (unpaired) electrons. The third-order valence-corrected chi connectivity index (χ3v) is 4.00. The van der Waals surface area contributed by atoms with E-state index in [0.29, 0.717) is 19.4 Å². The van der Waals surface area contributed by atoms with Crippen molar-refractivity contribution < 1.29 is 24.2 Å². The summed E-state index contributed by atoms with van der Waals surface area (Å²) in [5.41, 5.74) is 0.130. The molecule has 0 aliphatic carbocycles. The second kappa shape index (κ2) is 8.53. The predicted molar refractivity (Wildman–Crippen MR) is 94.9 cm³/mol. The third kappa shape index (κ3) is 6.01. The highest BCUT2D eigenvalue weighted by Crippen LogP contribution is 2.19. The Morgan fingerprint density at radius 2 is 2.15 bits per heavy atom. The molecule has 1 aliphatic rings. The van der Waals surface area contributed by atoms with Crippen molar-refractivity contribution in [3.63, 3.8) is 0 Å². The summed E-state index contributed by atoms with van der Waals surface area (Å²) < 4.78 is 13.4. The number of aromatic nitrogens is 2. The van der Waals surface area contributed by atoms with Gasteiger partial charge in [-0.3, -0.25) is 0 Å². The van der Waals surface area contributed by atoms with Crippen molar-refractivity contribution in [1.82, 2.24) is 14.5 Å². The zero-order valence-electron chi connectivity index (χ0n) is 16.0. The van der Waals surface area contributed by atoms with Crippen molar-refractivity contribution in [3.8, 4) is 0 Å². The maximum absolute atomic E-state index is 12.6. The van der Waals surface area contributed by atoms with E-state index in [2.05, 4.69) is 11.9 Å². The fourth-order valence-electron chi connectivity index (χ4n) is 2.88. The fourth-order valence-corrected chi connectivity index (χ4v) is 2.88. The van der Waals surface area contributed by atoms with Crippen LogP contribution in [0.5, 0.6) is 0 Å². The molecule has 2 atom stereocenters. The Morgan fingerprint density at radius 1 is 1.42 bits per heavy atom. The SMILES string of the molecule is CCCn1cnc(CC(O[C@H]2CCN(C(=O)O)C2)C(=O)OC(C)(C)C)c1. The molecule has 2 rings (SSSR count). The van der Waals surface area contributed by atoms with Crippen LogP contribution in [0.4, 0.5) is 4.79 Å². The smallest absolute Gasteiger partial charge is 0.407 e. The molecule has 0 spiro atoms. The zero-order chi connectivity index (χ0) is 19.3. The quantitative estimate of drug-likeness (QED) is 0.743. The molecule has 146 valence electrons. The molecule has 1 N–H and O–H groups in total. The molecule has 26 heavy (non-hydrogen) atoms. The fraction of sp³-hybridized carbons (Fsp3) is 0.722. The number of carboxylic acid groups (broad SMARTS) is 1. The normalized spacial score (nSPS) is 18.8. The number of carbonyl (C=O) groups excluding carboxylic acids is 1. The summed E-state index contributed by atoms with van der Waals surface area (Å²) in [6, 6.07) is 0. The first-order valence-electron chi connectivity index (χ1n) is 9.04. The van der Waals surface area contributed by atoms with Crippen LogP contribution in [0.25, 0.3) is 0 Å². The number of esters is 1. The Hall–Kier alpha value is -2.09. The van der Waals surface area contributed by atoms with E-state index in [4.69, 9.17) is 14.6 Å². The molecule has 0 aromatic carbocycles. The molecule has 1 unspecified atom stereocenters. The van der Waals surface area contributed by atoms with Crippen LogP contribution in [0, 0.1) is 0 Å². The van der Waals surface area contributed by atoms with E-state index in [1.165, 1.54) is 4.90 Å². The number of amides is 1. The van der Waals surface area contributed by atoms with Crippen LogP contribution in [-0.2, 0) is 27.2 Å². The maximum Gasteiger partial charge on any atom is 0.407 e. The van der Waals surface area contributed by atoms with Gasteiger partial charge in [0.25, 0.3) is 0 Å². The molecule has 2 heterocycles. The molecule has 1 amide bonds. The lowest BCUT2D eigenvalue weighted by Crippen LogP contribution is -2.38. The molecule has 1 aromatic heterocycles. The molecule has 1 aliphatic heterocycles. The number of likely N-dealkylation sites (tertiary alicyclic amines) is 1. The highest BCUT2D eigenvalue weighted by Gasteiger charge is 2.33. The molecule has 1 saturated heterocycles. The van der Waals surface area contributed by atoms with Gasteiger partial charge < -0.3 is 24.0 Å². The first-order chi connectivity index (χ1) is 12.2. The molecule has 8 heteroatoms. The first kappa shape index (κ1) is 20.2. The number of hydrogen-bond acceptors (Lipinski definition) is 5. The average molecular weight is 367 g/mol. The third-order valence-electron chi connectivity index (χ3n) is 4.00. The van der Waals surface area contributed by atoms with Gasteiger partial charge in [-0.2, -0.15) is 0 Å². The molecule has 8 nitrogen and oxygen atoms in total. The van der Waals surface area contributed by atoms with Crippen LogP contribution in [0.15, 0.2) is 12.5 Å². The highest BCUT2D eigenvalue weighted by molar-refractivity contribution is 5.75. The van der Waals surface area contributed by atoms with Crippen LogP contribution in [0.3, 0.4) is 0 Å². The van der Waals surface area contributed by atoms with Gasteiger partial charge in [-0.25, -0.2) is 14.6 Å². The Balaban J connectivity index is 2.05. The van der Waals surface area contributed by atoms with E-state index < -0.39 is 23.8 Å². The van der Waals surface area contributed by atoms with Gasteiger partial charge in [0.1, 0.15) is 5.60 Å². The number of hydrogen-bond donors (Lipinski definition) is 1. The van der Waals surface area contributed by atoms with Gasteiger partial charge >= 0.3 is 12.1 Å². The summed E-state index contributed by atoms with van der Waals surface area (Å²) in [6.07, 6.45) is 3.41. The minimum absolute atomic E-state index is 0.263. The van der Waals surface area contributed by atoms with Crippen molar-refractivity contribution in [1.29, 1.82) is 0 Å². The molecular formula is C18H29N3O5. The van der Waals surface area contributed by atoms with E-state index >= 15 is 0 Å². The van der Waals surface area contributed by atoms with Crippen LogP contribution in [-0.4, -0.2) is 62.5 Å². The van der Waals surface area contributed by atoms with Gasteiger partial charge in [0.05, 0.1) is 24.7 Å². The number of ether oxygens (including phenoxy) is 2. The number of rotatable bonds is 7. The maximum atomic E-state index is 12.6. The molecule has 0 bridgehead atoms. The monoisotopic (exact) mass is 367 g/mol.